The third-order valence-corrected chi connectivity index (χ3v) is 5.03. The molecule has 4 nitrogen and oxygen atoms in total. The third-order valence-electron chi connectivity index (χ3n) is 5.03. The van der Waals surface area contributed by atoms with Crippen molar-refractivity contribution in [3.63, 3.8) is 0 Å². The first-order valence-corrected chi connectivity index (χ1v) is 8.91. The standard InChI is InChI=1S/C21H26N2O2/c1-15-12-19(6-7-20(15)24)21(25)23-10-8-17(9-11-23)18-5-3-4-16(13-18)14-22-2/h3-7,12-13,17,22,24H,8-11,14H2,1-2H3. The molecule has 0 atom stereocenters. The molecule has 0 aromatic heterocycles. The highest BCUT2D eigenvalue weighted by molar-refractivity contribution is 5.94. The molecule has 0 spiro atoms. The minimum absolute atomic E-state index is 0.0606. The molecular weight excluding hydrogens is 312 g/mol. The SMILES string of the molecule is CNCc1cccc(C2CCN(C(=O)c3ccc(O)c(C)c3)CC2)c1. The Morgan fingerprint density at radius 3 is 2.64 bits per heavy atom. The zero-order valence-corrected chi connectivity index (χ0v) is 15.0. The van der Waals surface area contributed by atoms with Crippen LogP contribution in [0, 0.1) is 6.92 Å². The van der Waals surface area contributed by atoms with Gasteiger partial charge in [0.15, 0.2) is 0 Å². The van der Waals surface area contributed by atoms with Crippen LogP contribution >= 0.6 is 0 Å². The maximum Gasteiger partial charge on any atom is 0.253 e. The molecule has 2 aromatic carbocycles. The smallest absolute Gasteiger partial charge is 0.253 e. The average Bonchev–Trinajstić information content (AvgIpc) is 2.64. The molecule has 0 aliphatic carbocycles. The van der Waals surface area contributed by atoms with Crippen molar-refractivity contribution in [3.8, 4) is 5.75 Å². The Hall–Kier alpha value is -2.33. The van der Waals surface area contributed by atoms with Gasteiger partial charge >= 0.3 is 0 Å². The van der Waals surface area contributed by atoms with Gasteiger partial charge < -0.3 is 15.3 Å². The summed E-state index contributed by atoms with van der Waals surface area (Å²) in [5.74, 6) is 0.810. The molecule has 2 N–H and O–H groups in total. The van der Waals surface area contributed by atoms with Crippen LogP contribution in [-0.2, 0) is 6.54 Å². The number of hydrogen-bond acceptors (Lipinski definition) is 3. The lowest BCUT2D eigenvalue weighted by atomic mass is 9.88. The topological polar surface area (TPSA) is 52.6 Å². The Kier molecular flexibility index (Phi) is 5.39. The lowest BCUT2D eigenvalue weighted by Gasteiger charge is -2.32. The first-order chi connectivity index (χ1) is 12.1. The minimum atomic E-state index is 0.0606. The lowest BCUT2D eigenvalue weighted by Crippen LogP contribution is -2.37. The van der Waals surface area contributed by atoms with Crippen LogP contribution in [0.25, 0.3) is 0 Å². The Morgan fingerprint density at radius 2 is 1.96 bits per heavy atom. The zero-order valence-electron chi connectivity index (χ0n) is 15.0. The highest BCUT2D eigenvalue weighted by Gasteiger charge is 2.24. The number of phenolic OH excluding ortho intramolecular Hbond substituents is 1. The van der Waals surface area contributed by atoms with Crippen LogP contribution in [0.15, 0.2) is 42.5 Å². The number of nitrogens with one attached hydrogen (secondary N) is 1. The van der Waals surface area contributed by atoms with Gasteiger partial charge in [0, 0.05) is 25.2 Å². The number of carbonyl (C=O) groups is 1. The first-order valence-electron chi connectivity index (χ1n) is 8.91. The van der Waals surface area contributed by atoms with Gasteiger partial charge in [-0.05, 0) is 67.6 Å². The first kappa shape index (κ1) is 17.5. The van der Waals surface area contributed by atoms with Crippen molar-refractivity contribution < 1.29 is 9.90 Å². The van der Waals surface area contributed by atoms with Gasteiger partial charge in [0.05, 0.1) is 0 Å². The van der Waals surface area contributed by atoms with Crippen molar-refractivity contribution in [1.29, 1.82) is 0 Å². The van der Waals surface area contributed by atoms with E-state index in [-0.39, 0.29) is 11.7 Å². The van der Waals surface area contributed by atoms with E-state index in [9.17, 15) is 9.90 Å². The number of benzene rings is 2. The molecule has 25 heavy (non-hydrogen) atoms. The number of likely N-dealkylation sites (tertiary alicyclic amines) is 1. The second kappa shape index (κ2) is 7.70. The summed E-state index contributed by atoms with van der Waals surface area (Å²) in [6.45, 7) is 4.25. The summed E-state index contributed by atoms with van der Waals surface area (Å²) in [6, 6.07) is 13.8. The Balaban J connectivity index is 1.64. The minimum Gasteiger partial charge on any atom is -0.508 e. The third kappa shape index (κ3) is 4.02. The molecule has 1 aliphatic heterocycles. The van der Waals surface area contributed by atoms with Crippen LogP contribution in [0.5, 0.6) is 5.75 Å². The molecule has 0 saturated carbocycles. The van der Waals surface area contributed by atoms with E-state index in [4.69, 9.17) is 0 Å². The van der Waals surface area contributed by atoms with Crippen LogP contribution in [0.3, 0.4) is 0 Å². The molecule has 0 radical (unpaired) electrons. The number of aromatic hydroxyl groups is 1. The van der Waals surface area contributed by atoms with Crippen LogP contribution in [0.2, 0.25) is 0 Å². The van der Waals surface area contributed by atoms with E-state index in [0.29, 0.717) is 11.5 Å². The number of piperidine rings is 1. The van der Waals surface area contributed by atoms with Gasteiger partial charge in [0.1, 0.15) is 5.75 Å². The van der Waals surface area contributed by atoms with Gasteiger partial charge in [-0.1, -0.05) is 24.3 Å². The Labute approximate surface area is 149 Å². The largest absolute Gasteiger partial charge is 0.508 e. The lowest BCUT2D eigenvalue weighted by molar-refractivity contribution is 0.0713. The molecule has 1 saturated heterocycles. The van der Waals surface area contributed by atoms with E-state index >= 15 is 0 Å². The molecule has 0 bridgehead atoms. The van der Waals surface area contributed by atoms with Crippen molar-refractivity contribution >= 4 is 5.91 Å². The molecule has 3 rings (SSSR count). The fraction of sp³-hybridized carbons (Fsp3) is 0.381. The molecule has 1 fully saturated rings. The highest BCUT2D eigenvalue weighted by Crippen LogP contribution is 2.29. The molecule has 2 aromatic rings. The van der Waals surface area contributed by atoms with E-state index in [2.05, 4.69) is 29.6 Å². The van der Waals surface area contributed by atoms with E-state index in [1.54, 1.807) is 18.2 Å². The van der Waals surface area contributed by atoms with Gasteiger partial charge in [-0.2, -0.15) is 0 Å². The van der Waals surface area contributed by atoms with Gasteiger partial charge in [0.2, 0.25) is 0 Å². The number of amides is 1. The Morgan fingerprint density at radius 1 is 1.20 bits per heavy atom. The normalized spacial score (nSPS) is 15.4. The summed E-state index contributed by atoms with van der Waals surface area (Å²) in [4.78, 5) is 14.6. The summed E-state index contributed by atoms with van der Waals surface area (Å²) in [5, 5.41) is 12.8. The molecule has 1 aliphatic rings. The monoisotopic (exact) mass is 338 g/mol. The summed E-state index contributed by atoms with van der Waals surface area (Å²) in [5.41, 5.74) is 4.07. The number of carbonyl (C=O) groups excluding carboxylic acids is 1. The zero-order chi connectivity index (χ0) is 17.8. The molecule has 1 amide bonds. The Bertz CT molecular complexity index is 749. The quantitative estimate of drug-likeness (QED) is 0.898. The predicted octanol–water partition coefficient (Wildman–Crippen LogP) is 3.44. The fourth-order valence-corrected chi connectivity index (χ4v) is 3.55. The fourth-order valence-electron chi connectivity index (χ4n) is 3.55. The van der Waals surface area contributed by atoms with Crippen molar-refractivity contribution in [3.05, 3.63) is 64.7 Å². The van der Waals surface area contributed by atoms with Gasteiger partial charge in [0.25, 0.3) is 5.91 Å². The van der Waals surface area contributed by atoms with E-state index in [1.165, 1.54) is 11.1 Å². The second-order valence-electron chi connectivity index (χ2n) is 6.84. The molecule has 4 heteroatoms. The maximum atomic E-state index is 12.7. The van der Waals surface area contributed by atoms with Crippen molar-refractivity contribution in [2.45, 2.75) is 32.2 Å². The summed E-state index contributed by atoms with van der Waals surface area (Å²) >= 11 is 0. The number of nitrogens with zero attached hydrogens (tertiary/aromatic N) is 1. The predicted molar refractivity (Wildman–Crippen MR) is 99.9 cm³/mol. The summed E-state index contributed by atoms with van der Waals surface area (Å²) in [7, 11) is 1.96. The van der Waals surface area contributed by atoms with E-state index in [1.807, 2.05) is 18.9 Å². The number of phenols is 1. The van der Waals surface area contributed by atoms with Crippen LogP contribution in [-0.4, -0.2) is 36.1 Å². The van der Waals surface area contributed by atoms with Crippen molar-refractivity contribution in [2.24, 2.45) is 0 Å². The highest BCUT2D eigenvalue weighted by atomic mass is 16.3. The molecule has 0 unspecified atom stereocenters. The van der Waals surface area contributed by atoms with Crippen LogP contribution in [0.1, 0.15) is 45.8 Å². The number of hydrogen-bond donors (Lipinski definition) is 2. The van der Waals surface area contributed by atoms with Gasteiger partial charge in [-0.3, -0.25) is 4.79 Å². The molecule has 1 heterocycles. The van der Waals surface area contributed by atoms with E-state index in [0.717, 1.165) is 38.0 Å². The van der Waals surface area contributed by atoms with Crippen LogP contribution in [0.4, 0.5) is 0 Å². The van der Waals surface area contributed by atoms with Crippen molar-refractivity contribution in [2.75, 3.05) is 20.1 Å². The van der Waals surface area contributed by atoms with E-state index < -0.39 is 0 Å². The molecule has 132 valence electrons. The molecular formula is C21H26N2O2. The van der Waals surface area contributed by atoms with Crippen LogP contribution < -0.4 is 5.32 Å². The maximum absolute atomic E-state index is 12.7. The summed E-state index contributed by atoms with van der Waals surface area (Å²) in [6.07, 6.45) is 1.98. The van der Waals surface area contributed by atoms with Gasteiger partial charge in [-0.15, -0.1) is 0 Å². The van der Waals surface area contributed by atoms with Crippen molar-refractivity contribution in [1.82, 2.24) is 10.2 Å². The number of rotatable bonds is 4. The average molecular weight is 338 g/mol. The van der Waals surface area contributed by atoms with Gasteiger partial charge in [-0.25, -0.2) is 0 Å². The number of aryl methyl sites for hydroxylation is 1. The summed E-state index contributed by atoms with van der Waals surface area (Å²) < 4.78 is 0. The second-order valence-corrected chi connectivity index (χ2v) is 6.84.